The Bertz CT molecular complexity index is 814. The zero-order valence-electron chi connectivity index (χ0n) is 24.0. The monoisotopic (exact) mass is 559 g/mol. The van der Waals surface area contributed by atoms with Crippen molar-refractivity contribution in [1.82, 2.24) is 5.32 Å². The van der Waals surface area contributed by atoms with Gasteiger partial charge in [-0.1, -0.05) is 116 Å². The van der Waals surface area contributed by atoms with Crippen LogP contribution in [-0.4, -0.2) is 24.5 Å². The maximum atomic E-state index is 13.7. The van der Waals surface area contributed by atoms with Gasteiger partial charge in [-0.05, 0) is 31.5 Å². The number of carbonyl (C=O) groups excluding carboxylic acids is 2. The van der Waals surface area contributed by atoms with E-state index in [1.165, 1.54) is 103 Å². The second-order valence-corrected chi connectivity index (χ2v) is 10.6. The second-order valence-electron chi connectivity index (χ2n) is 10.6. The lowest BCUT2D eigenvalue weighted by Crippen LogP contribution is -2.39. The van der Waals surface area contributed by atoms with Crippen molar-refractivity contribution in [2.45, 2.75) is 142 Å². The van der Waals surface area contributed by atoms with Crippen LogP contribution in [0.4, 0.5) is 17.6 Å². The van der Waals surface area contributed by atoms with E-state index in [1.807, 2.05) is 0 Å². The highest BCUT2D eigenvalue weighted by Crippen LogP contribution is 2.31. The van der Waals surface area contributed by atoms with Crippen molar-refractivity contribution >= 4 is 11.9 Å². The van der Waals surface area contributed by atoms with Crippen LogP contribution in [0.15, 0.2) is 18.2 Å². The van der Waals surface area contributed by atoms with Gasteiger partial charge in [0.1, 0.15) is 11.9 Å². The van der Waals surface area contributed by atoms with Crippen LogP contribution in [0.1, 0.15) is 145 Å². The summed E-state index contributed by atoms with van der Waals surface area (Å²) < 4.78 is 56.8. The highest BCUT2D eigenvalue weighted by molar-refractivity contribution is 5.96. The molecule has 0 aromatic heterocycles. The number of esters is 1. The average Bonchev–Trinajstić information content (AvgIpc) is 2.89. The van der Waals surface area contributed by atoms with Crippen LogP contribution in [0.25, 0.3) is 0 Å². The maximum absolute atomic E-state index is 13.7. The first-order valence-corrected chi connectivity index (χ1v) is 15.0. The summed E-state index contributed by atoms with van der Waals surface area (Å²) in [4.78, 5) is 24.2. The highest BCUT2D eigenvalue weighted by atomic mass is 19.4. The smallest absolute Gasteiger partial charge is 0.419 e. The Morgan fingerprint density at radius 2 is 1.21 bits per heavy atom. The van der Waals surface area contributed by atoms with Gasteiger partial charge in [-0.25, -0.2) is 9.18 Å². The topological polar surface area (TPSA) is 55.4 Å². The van der Waals surface area contributed by atoms with Crippen molar-refractivity contribution < 1.29 is 31.9 Å². The first kappa shape index (κ1) is 34.9. The van der Waals surface area contributed by atoms with Crippen molar-refractivity contribution in [2.24, 2.45) is 0 Å². The summed E-state index contributed by atoms with van der Waals surface area (Å²) in [6.07, 6.45) is 18.0. The molecule has 0 aliphatic carbocycles. The van der Waals surface area contributed by atoms with Crippen molar-refractivity contribution in [3.63, 3.8) is 0 Å². The molecule has 0 saturated carbocycles. The number of hydrogen-bond donors (Lipinski definition) is 1. The summed E-state index contributed by atoms with van der Waals surface area (Å²) in [6, 6.07) is 0.885. The van der Waals surface area contributed by atoms with Crippen LogP contribution in [0.5, 0.6) is 0 Å². The summed E-state index contributed by atoms with van der Waals surface area (Å²) in [5, 5.41) is 2.33. The average molecular weight is 560 g/mol. The minimum atomic E-state index is -4.84. The summed E-state index contributed by atoms with van der Waals surface area (Å²) in [7, 11) is 0. The fourth-order valence-corrected chi connectivity index (χ4v) is 4.53. The number of alkyl halides is 3. The molecule has 0 aliphatic heterocycles. The van der Waals surface area contributed by atoms with E-state index in [0.29, 0.717) is 12.1 Å². The van der Waals surface area contributed by atoms with Crippen LogP contribution >= 0.6 is 0 Å². The first-order valence-electron chi connectivity index (χ1n) is 15.0. The largest absolute Gasteiger partial charge is 0.464 e. The summed E-state index contributed by atoms with van der Waals surface area (Å²) in [5.41, 5.74) is -1.75. The molecule has 1 unspecified atom stereocenters. The van der Waals surface area contributed by atoms with Gasteiger partial charge in [-0.15, -0.1) is 0 Å². The molecule has 0 fully saturated rings. The molecule has 4 nitrogen and oxygen atoms in total. The Morgan fingerprint density at radius 3 is 1.62 bits per heavy atom. The third kappa shape index (κ3) is 16.6. The van der Waals surface area contributed by atoms with Crippen LogP contribution in [0, 0.1) is 5.82 Å². The van der Waals surface area contributed by atoms with Crippen molar-refractivity contribution in [3.05, 3.63) is 35.1 Å². The minimum Gasteiger partial charge on any atom is -0.464 e. The van der Waals surface area contributed by atoms with Crippen LogP contribution < -0.4 is 5.32 Å². The van der Waals surface area contributed by atoms with Crippen molar-refractivity contribution in [2.75, 3.05) is 6.61 Å². The number of halogens is 4. The van der Waals surface area contributed by atoms with Gasteiger partial charge in [-0.2, -0.15) is 13.2 Å². The van der Waals surface area contributed by atoms with E-state index in [1.54, 1.807) is 0 Å². The fourth-order valence-electron chi connectivity index (χ4n) is 4.53. The molecule has 0 saturated heterocycles. The van der Waals surface area contributed by atoms with Crippen LogP contribution in [0.3, 0.4) is 0 Å². The molecule has 1 amide bonds. The number of hydrogen-bond acceptors (Lipinski definition) is 3. The van der Waals surface area contributed by atoms with Crippen LogP contribution in [-0.2, 0) is 15.7 Å². The van der Waals surface area contributed by atoms with Crippen molar-refractivity contribution in [1.29, 1.82) is 0 Å². The molecular weight excluding hydrogens is 510 g/mol. The SMILES string of the molecule is CCCCCCCCCCCCCCCCCCCCOC(=O)C(C)NC(=O)c1ccc(C(F)(F)F)c(F)c1. The molecule has 0 radical (unpaired) electrons. The third-order valence-electron chi connectivity index (χ3n) is 6.98. The van der Waals surface area contributed by atoms with E-state index in [-0.39, 0.29) is 12.2 Å². The lowest BCUT2D eigenvalue weighted by atomic mass is 10.0. The Hall–Kier alpha value is -2.12. The lowest BCUT2D eigenvalue weighted by molar-refractivity contribution is -0.145. The predicted molar refractivity (Wildman–Crippen MR) is 148 cm³/mol. The third-order valence-corrected chi connectivity index (χ3v) is 6.98. The van der Waals surface area contributed by atoms with Crippen molar-refractivity contribution in [3.8, 4) is 0 Å². The molecule has 1 rings (SSSR count). The summed E-state index contributed by atoms with van der Waals surface area (Å²) in [6.45, 7) is 3.91. The van der Waals surface area contributed by atoms with E-state index < -0.39 is 35.5 Å². The van der Waals surface area contributed by atoms with Gasteiger partial charge in [0.05, 0.1) is 12.2 Å². The van der Waals surface area contributed by atoms with Gasteiger partial charge in [-0.3, -0.25) is 4.79 Å². The highest BCUT2D eigenvalue weighted by Gasteiger charge is 2.34. The van der Waals surface area contributed by atoms with E-state index in [9.17, 15) is 27.2 Å². The molecule has 0 aliphatic rings. The lowest BCUT2D eigenvalue weighted by Gasteiger charge is -2.14. The molecule has 0 spiro atoms. The summed E-state index contributed by atoms with van der Waals surface area (Å²) >= 11 is 0. The normalized spacial score (nSPS) is 12.4. The first-order chi connectivity index (χ1) is 18.7. The fraction of sp³-hybridized carbons (Fsp3) is 0.742. The maximum Gasteiger partial charge on any atom is 0.419 e. The number of carbonyl (C=O) groups is 2. The molecule has 1 N–H and O–H groups in total. The Morgan fingerprint density at radius 1 is 0.769 bits per heavy atom. The molecule has 0 heterocycles. The molecule has 8 heteroatoms. The number of ether oxygens (including phenoxy) is 1. The minimum absolute atomic E-state index is 0.243. The number of nitrogens with one attached hydrogen (secondary N) is 1. The molecule has 39 heavy (non-hydrogen) atoms. The number of rotatable bonds is 22. The van der Waals surface area contributed by atoms with E-state index >= 15 is 0 Å². The van der Waals surface area contributed by atoms with Gasteiger partial charge < -0.3 is 10.1 Å². The van der Waals surface area contributed by atoms with Gasteiger partial charge in [0.25, 0.3) is 5.91 Å². The zero-order valence-corrected chi connectivity index (χ0v) is 24.0. The van der Waals surface area contributed by atoms with E-state index in [4.69, 9.17) is 4.74 Å². The Labute approximate surface area is 232 Å². The number of amides is 1. The van der Waals surface area contributed by atoms with Gasteiger partial charge in [0.15, 0.2) is 0 Å². The summed E-state index contributed by atoms with van der Waals surface area (Å²) in [5.74, 6) is -3.03. The molecule has 1 aromatic rings. The van der Waals surface area contributed by atoms with Gasteiger partial charge >= 0.3 is 12.1 Å². The molecular formula is C31H49F4NO3. The van der Waals surface area contributed by atoms with E-state index in [2.05, 4.69) is 12.2 Å². The quantitative estimate of drug-likeness (QED) is 0.0874. The molecule has 1 aromatic carbocycles. The second kappa shape index (κ2) is 20.7. The Balaban J connectivity index is 1.99. The van der Waals surface area contributed by atoms with Gasteiger partial charge in [0.2, 0.25) is 0 Å². The number of unbranched alkanes of at least 4 members (excludes halogenated alkanes) is 17. The zero-order chi connectivity index (χ0) is 28.9. The standard InChI is InChI=1S/C31H49F4NO3/c1-3-4-5-6-7-8-9-10-11-12-13-14-15-16-17-18-19-20-23-39-30(38)25(2)36-29(37)26-21-22-27(28(32)24-26)31(33,34)35/h21-22,24-25H,3-20,23H2,1-2H3,(H,36,37). The molecule has 224 valence electrons. The molecule has 0 bridgehead atoms. The molecule has 1 atom stereocenters. The van der Waals surface area contributed by atoms with Gasteiger partial charge in [0, 0.05) is 5.56 Å². The predicted octanol–water partition coefficient (Wildman–Crippen LogP) is 9.55. The van der Waals surface area contributed by atoms with Crippen LogP contribution in [0.2, 0.25) is 0 Å². The van der Waals surface area contributed by atoms with E-state index in [0.717, 1.165) is 25.3 Å². The Kier molecular flexibility index (Phi) is 18.6. The number of benzene rings is 1.